The quantitative estimate of drug-likeness (QED) is 0.0249. The van der Waals surface area contributed by atoms with Crippen LogP contribution in [0.2, 0.25) is 0 Å². The molecule has 13 heteroatoms. The zero-order valence-corrected chi connectivity index (χ0v) is 57.9. The molecular formula is C60H120MoN4S8. The molecule has 0 bridgehead atoms. The molecule has 0 amide bonds. The average molecular weight is 1250 g/mol. The summed E-state index contributed by atoms with van der Waals surface area (Å²) < 4.78 is 2.67. The van der Waals surface area contributed by atoms with Crippen molar-refractivity contribution >= 4 is 117 Å². The van der Waals surface area contributed by atoms with Crippen LogP contribution in [0.1, 0.15) is 312 Å². The maximum absolute atomic E-state index is 5.16. The first-order valence-corrected chi connectivity index (χ1v) is 34.0. The first kappa shape index (κ1) is 83.0. The van der Waals surface area contributed by atoms with Gasteiger partial charge in [-0.25, -0.2) is 0 Å². The average Bonchev–Trinajstić information content (AvgIpc) is 3.35. The Morgan fingerprint density at radius 3 is 0.384 bits per heavy atom. The summed E-state index contributed by atoms with van der Waals surface area (Å²) in [6.45, 7) is 26.6. The Morgan fingerprint density at radius 1 is 0.205 bits per heavy atom. The zero-order chi connectivity index (χ0) is 54.6. The summed E-state index contributed by atoms with van der Waals surface area (Å²) >= 11 is 41.3. The Balaban J connectivity index is -0.000000280. The molecule has 0 saturated heterocycles. The normalized spacial score (nSPS) is 10.4. The Hall–Kier alpha value is 1.13. The molecule has 0 radical (unpaired) electrons. The van der Waals surface area contributed by atoms with E-state index in [4.69, 9.17) is 99.4 Å². The summed E-state index contributed by atoms with van der Waals surface area (Å²) in [4.78, 5) is 8.90. The van der Waals surface area contributed by atoms with Crippen LogP contribution in [0.5, 0.6) is 0 Å². The Labute approximate surface area is 517 Å². The van der Waals surface area contributed by atoms with E-state index in [1.54, 1.807) is 0 Å². The molecule has 0 aromatic heterocycles. The molecule has 0 atom stereocenters. The number of hydrogen-bond donors (Lipinski definition) is 0. The van der Waals surface area contributed by atoms with Gasteiger partial charge < -0.3 is 119 Å². The Morgan fingerprint density at radius 2 is 0.301 bits per heavy atom. The van der Waals surface area contributed by atoms with Crippen LogP contribution in [-0.2, 0) is 71.6 Å². The van der Waals surface area contributed by atoms with Gasteiger partial charge in [0.2, 0.25) is 0 Å². The fourth-order valence-electron chi connectivity index (χ4n) is 8.43. The first-order valence-electron chi connectivity index (χ1n) is 30.7. The molecule has 0 rings (SSSR count). The van der Waals surface area contributed by atoms with Crippen molar-refractivity contribution in [2.75, 3.05) is 52.4 Å². The van der Waals surface area contributed by atoms with Crippen LogP contribution in [-0.4, -0.2) is 89.2 Å². The van der Waals surface area contributed by atoms with Gasteiger partial charge in [0, 0.05) is 52.4 Å². The van der Waals surface area contributed by atoms with E-state index in [1.807, 2.05) is 0 Å². The van der Waals surface area contributed by atoms with Crippen LogP contribution < -0.4 is 0 Å². The van der Waals surface area contributed by atoms with Crippen molar-refractivity contribution in [2.45, 2.75) is 312 Å². The predicted octanol–water partition coefficient (Wildman–Crippen LogP) is 20.2. The molecule has 4 nitrogen and oxygen atoms in total. The van der Waals surface area contributed by atoms with Crippen molar-refractivity contribution in [1.82, 2.24) is 19.6 Å². The van der Waals surface area contributed by atoms with Crippen molar-refractivity contribution < 1.29 is 21.1 Å². The molecule has 0 aliphatic carbocycles. The van der Waals surface area contributed by atoms with Crippen LogP contribution >= 0.6 is 48.9 Å². The SMILES string of the molecule is CCCCCCCN(CCCCCCC)C(=S)[S-].CCCCCCCN(CCCCCCC)C(=S)[S-].CCCCCCCN(CCCCCCC)C(=S)[S-].CCCCCCCN(CCCCCCC)C(=S)[S-].[Mo+4]. The van der Waals surface area contributed by atoms with E-state index < -0.39 is 0 Å². The van der Waals surface area contributed by atoms with Crippen LogP contribution in [0, 0.1) is 0 Å². The molecule has 0 aromatic rings. The number of nitrogens with zero attached hydrogens (tertiary/aromatic N) is 4. The third-order valence-corrected chi connectivity index (χ3v) is 15.4. The van der Waals surface area contributed by atoms with Gasteiger partial charge in [-0.2, -0.15) is 0 Å². The number of unbranched alkanes of at least 4 members (excludes halogenated alkanes) is 32. The molecular weight excluding hydrogens is 1130 g/mol. The maximum Gasteiger partial charge on any atom is 4.00 e. The Bertz CT molecular complexity index is 899. The zero-order valence-electron chi connectivity index (χ0n) is 49.4. The molecule has 0 saturated carbocycles. The number of hydrogen-bond acceptors (Lipinski definition) is 8. The molecule has 0 spiro atoms. The van der Waals surface area contributed by atoms with Crippen molar-refractivity contribution in [3.63, 3.8) is 0 Å². The van der Waals surface area contributed by atoms with Gasteiger partial charge in [-0.1, -0.05) is 278 Å². The predicted molar refractivity (Wildman–Crippen MR) is 356 cm³/mol. The third kappa shape index (κ3) is 69.2. The van der Waals surface area contributed by atoms with Gasteiger partial charge in [-0.15, -0.1) is 0 Å². The van der Waals surface area contributed by atoms with Crippen molar-refractivity contribution in [3.05, 3.63) is 0 Å². The van der Waals surface area contributed by atoms with E-state index in [1.165, 1.54) is 257 Å². The number of thiocarbonyl (C=S) groups is 4. The summed E-state index contributed by atoms with van der Waals surface area (Å²) in [7, 11) is 0. The van der Waals surface area contributed by atoms with Gasteiger partial charge in [0.15, 0.2) is 0 Å². The van der Waals surface area contributed by atoms with Gasteiger partial charge in [0.05, 0.1) is 0 Å². The first-order chi connectivity index (χ1) is 34.9. The van der Waals surface area contributed by atoms with Crippen molar-refractivity contribution in [3.8, 4) is 0 Å². The largest absolute Gasteiger partial charge is 4.00 e. The van der Waals surface area contributed by atoms with Crippen molar-refractivity contribution in [1.29, 1.82) is 0 Å². The van der Waals surface area contributed by atoms with E-state index in [2.05, 4.69) is 75.0 Å². The van der Waals surface area contributed by atoms with Crippen molar-refractivity contribution in [2.24, 2.45) is 0 Å². The molecule has 0 heterocycles. The topological polar surface area (TPSA) is 13.0 Å². The summed E-state index contributed by atoms with van der Waals surface area (Å²) in [5, 5.41) is 0. The van der Waals surface area contributed by atoms with Gasteiger partial charge >= 0.3 is 21.1 Å². The second kappa shape index (κ2) is 71.1. The monoisotopic (exact) mass is 1250 g/mol. The molecule has 434 valence electrons. The molecule has 73 heavy (non-hydrogen) atoms. The van der Waals surface area contributed by atoms with E-state index in [9.17, 15) is 0 Å². The number of rotatable bonds is 48. The second-order valence-corrected chi connectivity index (χ2v) is 24.5. The summed E-state index contributed by atoms with van der Waals surface area (Å²) in [6.07, 6.45) is 52.6. The minimum absolute atomic E-state index is 0. The van der Waals surface area contributed by atoms with Gasteiger partial charge in [-0.05, 0) is 51.4 Å². The smallest absolute Gasteiger partial charge is 0.411 e. The van der Waals surface area contributed by atoms with E-state index in [0.29, 0.717) is 17.3 Å². The van der Waals surface area contributed by atoms with E-state index in [0.717, 1.165) is 52.4 Å². The van der Waals surface area contributed by atoms with Crippen LogP contribution in [0.3, 0.4) is 0 Å². The standard InChI is InChI=1S/4C15H31NS2.Mo/c4*1-3-5-7-9-11-13-16(15(17)18)14-12-10-8-6-4-2;/h4*3-14H2,1-2H3,(H,17,18);/q;;;;+4/p-4. The van der Waals surface area contributed by atoms with Gasteiger partial charge in [0.25, 0.3) is 0 Å². The fourth-order valence-corrected chi connectivity index (χ4v) is 9.89. The molecule has 0 aliphatic heterocycles. The molecule has 0 fully saturated rings. The maximum atomic E-state index is 5.16. The summed E-state index contributed by atoms with van der Waals surface area (Å²) in [6, 6.07) is 0. The minimum atomic E-state index is 0. The molecule has 0 aromatic carbocycles. The van der Waals surface area contributed by atoms with Gasteiger partial charge in [0.1, 0.15) is 0 Å². The molecule has 0 aliphatic rings. The fraction of sp³-hybridized carbons (Fsp3) is 0.933. The van der Waals surface area contributed by atoms with Crippen LogP contribution in [0.15, 0.2) is 0 Å². The third-order valence-electron chi connectivity index (χ3n) is 13.3. The van der Waals surface area contributed by atoms with Gasteiger partial charge in [-0.3, -0.25) is 0 Å². The van der Waals surface area contributed by atoms with Crippen LogP contribution in [0.25, 0.3) is 0 Å². The summed E-state index contributed by atoms with van der Waals surface area (Å²) in [5.74, 6) is 0. The van der Waals surface area contributed by atoms with E-state index in [-0.39, 0.29) is 21.1 Å². The van der Waals surface area contributed by atoms with E-state index >= 15 is 0 Å². The van der Waals surface area contributed by atoms with Crippen LogP contribution in [0.4, 0.5) is 0 Å². The summed E-state index contributed by atoms with van der Waals surface area (Å²) in [5.41, 5.74) is 0. The molecule has 0 N–H and O–H groups in total. The Kier molecular flexibility index (Phi) is 80.8. The second-order valence-electron chi connectivity index (χ2n) is 20.3. The molecule has 0 unspecified atom stereocenters. The minimum Gasteiger partial charge on any atom is -0.411 e.